The predicted octanol–water partition coefficient (Wildman–Crippen LogP) is 4.97. The van der Waals surface area contributed by atoms with E-state index in [-0.39, 0.29) is 11.9 Å². The van der Waals surface area contributed by atoms with Crippen molar-refractivity contribution in [2.45, 2.75) is 19.5 Å². The summed E-state index contributed by atoms with van der Waals surface area (Å²) < 4.78 is 7.15. The van der Waals surface area contributed by atoms with Gasteiger partial charge in [-0.05, 0) is 42.3 Å². The monoisotopic (exact) mass is 436 g/mol. The smallest absolute Gasteiger partial charge is 0.255 e. The Morgan fingerprint density at radius 3 is 2.55 bits per heavy atom. The Balaban J connectivity index is 1.65. The highest BCUT2D eigenvalue weighted by Crippen LogP contribution is 2.27. The normalized spacial score (nSPS) is 11.4. The van der Waals surface area contributed by atoms with Crippen LogP contribution in [0.4, 0.5) is 0 Å². The summed E-state index contributed by atoms with van der Waals surface area (Å²) in [6, 6.07) is 26.6. The van der Waals surface area contributed by atoms with Gasteiger partial charge in [0, 0.05) is 11.8 Å². The number of nitrogens with one attached hydrogen (secondary N) is 1. The Labute approximate surface area is 193 Å². The molecule has 6 heteroatoms. The molecule has 0 radical (unpaired) electrons. The topological polar surface area (TPSA) is 79.9 Å². The maximum Gasteiger partial charge on any atom is 0.255 e. The molecule has 1 amide bonds. The van der Waals surface area contributed by atoms with E-state index in [1.807, 2.05) is 73.7 Å². The second-order valence-corrected chi connectivity index (χ2v) is 7.74. The van der Waals surface area contributed by atoms with Gasteiger partial charge >= 0.3 is 0 Å². The molecule has 0 aliphatic heterocycles. The molecule has 164 valence electrons. The van der Waals surface area contributed by atoms with Crippen molar-refractivity contribution in [3.05, 3.63) is 107 Å². The molecule has 0 aliphatic carbocycles. The Kier molecular flexibility index (Phi) is 6.51. The molecule has 0 aliphatic rings. The molecule has 33 heavy (non-hydrogen) atoms. The maximum absolute atomic E-state index is 13.3. The summed E-state index contributed by atoms with van der Waals surface area (Å²) in [6.07, 6.45) is 1.78. The summed E-state index contributed by atoms with van der Waals surface area (Å²) in [7, 11) is 1.61. The van der Waals surface area contributed by atoms with Crippen LogP contribution < -0.4 is 10.1 Å². The first-order valence-electron chi connectivity index (χ1n) is 10.6. The summed E-state index contributed by atoms with van der Waals surface area (Å²) in [4.78, 5) is 13.3. The molecule has 1 aromatic heterocycles. The average molecular weight is 437 g/mol. The minimum Gasteiger partial charge on any atom is -0.497 e. The number of aromatic nitrogens is 2. The summed E-state index contributed by atoms with van der Waals surface area (Å²) >= 11 is 0. The first-order chi connectivity index (χ1) is 16.1. The highest BCUT2D eigenvalue weighted by atomic mass is 16.5. The van der Waals surface area contributed by atoms with E-state index in [0.29, 0.717) is 29.1 Å². The van der Waals surface area contributed by atoms with Crippen LogP contribution in [0.15, 0.2) is 85.1 Å². The molecular weight excluding hydrogens is 412 g/mol. The van der Waals surface area contributed by atoms with Crippen LogP contribution >= 0.6 is 0 Å². The van der Waals surface area contributed by atoms with E-state index in [2.05, 4.69) is 11.4 Å². The number of carbonyl (C=O) groups excluding carboxylic acids is 1. The standard InChI is InChI=1S/C27H24N4O2/c1-19(22-13-11-20(16-28)12-14-22)29-27(32)25-18-31(17-21-7-4-3-5-8-21)30-26(25)23-9-6-10-24(15-23)33-2/h3-15,18-19H,17H2,1-2H3,(H,29,32). The fraction of sp³-hybridized carbons (Fsp3) is 0.148. The van der Waals surface area contributed by atoms with Gasteiger partial charge in [0.15, 0.2) is 0 Å². The van der Waals surface area contributed by atoms with E-state index in [4.69, 9.17) is 15.1 Å². The lowest BCUT2D eigenvalue weighted by Gasteiger charge is -2.14. The molecule has 4 aromatic rings. The lowest BCUT2D eigenvalue weighted by molar-refractivity contribution is 0.0940. The van der Waals surface area contributed by atoms with Crippen LogP contribution in [-0.2, 0) is 6.54 Å². The van der Waals surface area contributed by atoms with Crippen LogP contribution in [0.3, 0.4) is 0 Å². The number of rotatable bonds is 7. The van der Waals surface area contributed by atoms with Crippen LogP contribution in [0.2, 0.25) is 0 Å². The SMILES string of the molecule is COc1cccc(-c2nn(Cc3ccccc3)cc2C(=O)NC(C)c2ccc(C#N)cc2)c1. The van der Waals surface area contributed by atoms with Crippen LogP contribution in [0.25, 0.3) is 11.3 Å². The lowest BCUT2D eigenvalue weighted by Crippen LogP contribution is -2.26. The zero-order valence-corrected chi connectivity index (χ0v) is 18.5. The van der Waals surface area contributed by atoms with E-state index in [1.54, 1.807) is 30.1 Å². The van der Waals surface area contributed by atoms with Gasteiger partial charge in [-0.2, -0.15) is 10.4 Å². The second-order valence-electron chi connectivity index (χ2n) is 7.74. The van der Waals surface area contributed by atoms with Gasteiger partial charge in [-0.15, -0.1) is 0 Å². The number of benzene rings is 3. The van der Waals surface area contributed by atoms with Crippen LogP contribution in [-0.4, -0.2) is 22.8 Å². The number of amides is 1. The number of nitrogens with zero attached hydrogens (tertiary/aromatic N) is 3. The van der Waals surface area contributed by atoms with Crippen molar-refractivity contribution in [3.63, 3.8) is 0 Å². The number of carbonyl (C=O) groups is 1. The van der Waals surface area contributed by atoms with E-state index >= 15 is 0 Å². The van der Waals surface area contributed by atoms with E-state index in [0.717, 1.165) is 16.7 Å². The molecule has 0 bridgehead atoms. The number of methoxy groups -OCH3 is 1. The molecule has 0 saturated carbocycles. The largest absolute Gasteiger partial charge is 0.497 e. The molecule has 4 rings (SSSR count). The third-order valence-electron chi connectivity index (χ3n) is 5.42. The van der Waals surface area contributed by atoms with Crippen molar-refractivity contribution in [2.75, 3.05) is 7.11 Å². The second kappa shape index (κ2) is 9.84. The molecule has 1 unspecified atom stereocenters. The minimum absolute atomic E-state index is 0.219. The fourth-order valence-corrected chi connectivity index (χ4v) is 3.63. The van der Waals surface area contributed by atoms with Crippen LogP contribution in [0.1, 0.15) is 40.0 Å². The summed E-state index contributed by atoms with van der Waals surface area (Å²) in [5, 5.41) is 16.8. The Bertz CT molecular complexity index is 1290. The van der Waals surface area contributed by atoms with E-state index in [1.165, 1.54) is 0 Å². The van der Waals surface area contributed by atoms with Gasteiger partial charge in [-0.25, -0.2) is 0 Å². The fourth-order valence-electron chi connectivity index (χ4n) is 3.63. The number of hydrogen-bond donors (Lipinski definition) is 1. The van der Waals surface area contributed by atoms with Crippen LogP contribution in [0.5, 0.6) is 5.75 Å². The number of ether oxygens (including phenoxy) is 1. The number of hydrogen-bond acceptors (Lipinski definition) is 4. The van der Waals surface area contributed by atoms with Gasteiger partial charge in [-0.3, -0.25) is 9.48 Å². The third kappa shape index (κ3) is 5.10. The highest BCUT2D eigenvalue weighted by Gasteiger charge is 2.20. The van der Waals surface area contributed by atoms with Gasteiger partial charge in [0.05, 0.1) is 36.9 Å². The van der Waals surface area contributed by atoms with Gasteiger partial charge in [0.25, 0.3) is 5.91 Å². The van der Waals surface area contributed by atoms with Crippen molar-refractivity contribution < 1.29 is 9.53 Å². The van der Waals surface area contributed by atoms with Gasteiger partial charge in [0.2, 0.25) is 0 Å². The summed E-state index contributed by atoms with van der Waals surface area (Å²) in [5.74, 6) is 0.478. The predicted molar refractivity (Wildman–Crippen MR) is 127 cm³/mol. The molecule has 1 atom stereocenters. The summed E-state index contributed by atoms with van der Waals surface area (Å²) in [6.45, 7) is 2.47. The van der Waals surface area contributed by atoms with Crippen molar-refractivity contribution in [1.29, 1.82) is 5.26 Å². The number of nitriles is 1. The van der Waals surface area contributed by atoms with Crippen molar-refractivity contribution in [2.24, 2.45) is 0 Å². The lowest BCUT2D eigenvalue weighted by atomic mass is 10.0. The molecule has 1 heterocycles. The molecule has 3 aromatic carbocycles. The van der Waals surface area contributed by atoms with E-state index in [9.17, 15) is 4.79 Å². The van der Waals surface area contributed by atoms with Crippen molar-refractivity contribution in [1.82, 2.24) is 15.1 Å². The van der Waals surface area contributed by atoms with Gasteiger partial charge in [0.1, 0.15) is 11.4 Å². The molecular formula is C27H24N4O2. The summed E-state index contributed by atoms with van der Waals surface area (Å²) in [5.41, 5.74) is 4.48. The molecule has 0 fully saturated rings. The van der Waals surface area contributed by atoms with Gasteiger partial charge in [-0.1, -0.05) is 54.6 Å². The minimum atomic E-state index is -0.235. The Hall–Kier alpha value is -4.37. The third-order valence-corrected chi connectivity index (χ3v) is 5.42. The Morgan fingerprint density at radius 2 is 1.85 bits per heavy atom. The van der Waals surface area contributed by atoms with Crippen molar-refractivity contribution >= 4 is 5.91 Å². The first kappa shape index (κ1) is 21.8. The quantitative estimate of drug-likeness (QED) is 0.444. The molecule has 6 nitrogen and oxygen atoms in total. The molecule has 1 N–H and O–H groups in total. The molecule has 0 spiro atoms. The Morgan fingerprint density at radius 1 is 1.09 bits per heavy atom. The van der Waals surface area contributed by atoms with Gasteiger partial charge < -0.3 is 10.1 Å². The maximum atomic E-state index is 13.3. The average Bonchev–Trinajstić information content (AvgIpc) is 3.28. The van der Waals surface area contributed by atoms with E-state index < -0.39 is 0 Å². The first-order valence-corrected chi connectivity index (χ1v) is 10.6. The van der Waals surface area contributed by atoms with Crippen molar-refractivity contribution in [3.8, 4) is 23.1 Å². The zero-order valence-electron chi connectivity index (χ0n) is 18.5. The highest BCUT2D eigenvalue weighted by molar-refractivity contribution is 6.00. The van der Waals surface area contributed by atoms with Crippen LogP contribution in [0, 0.1) is 11.3 Å². The zero-order chi connectivity index (χ0) is 23.2. The molecule has 0 saturated heterocycles.